The normalized spacial score (nSPS) is 11.0. The van der Waals surface area contributed by atoms with Crippen molar-refractivity contribution in [3.63, 3.8) is 0 Å². The van der Waals surface area contributed by atoms with Crippen molar-refractivity contribution < 1.29 is 9.59 Å². The number of hydrogen-bond acceptors (Lipinski definition) is 4. The third kappa shape index (κ3) is 7.27. The molecule has 0 bridgehead atoms. The molecule has 0 aliphatic heterocycles. The van der Waals surface area contributed by atoms with Gasteiger partial charge in [-0.05, 0) is 71.0 Å². The van der Waals surface area contributed by atoms with Crippen LogP contribution in [0.1, 0.15) is 60.8 Å². The summed E-state index contributed by atoms with van der Waals surface area (Å²) in [6.07, 6.45) is 2.94. The number of benzene rings is 3. The van der Waals surface area contributed by atoms with Gasteiger partial charge in [0.15, 0.2) is 0 Å². The van der Waals surface area contributed by atoms with Crippen LogP contribution < -0.4 is 5.69 Å². The summed E-state index contributed by atoms with van der Waals surface area (Å²) in [6, 6.07) is 23.9. The largest absolute Gasteiger partial charge is 0.373 e. The van der Waals surface area contributed by atoms with E-state index in [0.717, 1.165) is 30.7 Å². The molecule has 3 aromatic carbocycles. The van der Waals surface area contributed by atoms with Gasteiger partial charge in [-0.1, -0.05) is 87.5 Å². The van der Waals surface area contributed by atoms with E-state index in [0.29, 0.717) is 6.54 Å². The molecule has 0 fully saturated rings. The monoisotopic (exact) mass is 511 g/mol. The van der Waals surface area contributed by atoms with Crippen molar-refractivity contribution in [3.8, 4) is 11.1 Å². The Morgan fingerprint density at radius 2 is 1.37 bits per heavy atom. The van der Waals surface area contributed by atoms with Crippen molar-refractivity contribution in [1.82, 2.24) is 14.3 Å². The third-order valence-corrected chi connectivity index (χ3v) is 6.94. The molecule has 0 amide bonds. The van der Waals surface area contributed by atoms with Crippen LogP contribution in [0.4, 0.5) is 0 Å². The molecule has 0 aliphatic rings. The molecule has 0 N–H and O–H groups in total. The van der Waals surface area contributed by atoms with Gasteiger partial charge in [0, 0.05) is 13.5 Å². The summed E-state index contributed by atoms with van der Waals surface area (Å²) in [5.74, 6) is 0.841. The molecule has 6 heteroatoms. The topological polar surface area (TPSA) is 74.0 Å². The number of rotatable bonds is 7. The SMILES string of the molecule is Cc1ccc(-c2ccc(CCCc3nn(Cc4ccc(C(C)(C)C)cc4)c(=O)n3C)cc2)cc1C.O=C=O. The number of aryl methyl sites for hydroxylation is 4. The van der Waals surface area contributed by atoms with E-state index < -0.39 is 0 Å². The maximum atomic E-state index is 12.7. The molecule has 1 heterocycles. The molecule has 1 aromatic heterocycles. The average Bonchev–Trinajstić information content (AvgIpc) is 3.14. The highest BCUT2D eigenvalue weighted by Gasteiger charge is 2.14. The van der Waals surface area contributed by atoms with Crippen molar-refractivity contribution >= 4 is 6.15 Å². The van der Waals surface area contributed by atoms with Gasteiger partial charge >= 0.3 is 11.8 Å². The zero-order chi connectivity index (χ0) is 27.9. The van der Waals surface area contributed by atoms with E-state index in [1.54, 1.807) is 9.25 Å². The average molecular weight is 512 g/mol. The van der Waals surface area contributed by atoms with Crippen LogP contribution in [0, 0.1) is 13.8 Å². The summed E-state index contributed by atoms with van der Waals surface area (Å²) >= 11 is 0. The van der Waals surface area contributed by atoms with E-state index in [-0.39, 0.29) is 17.3 Å². The third-order valence-electron chi connectivity index (χ3n) is 6.94. The summed E-state index contributed by atoms with van der Waals surface area (Å²) in [7, 11) is 1.82. The number of hydrogen-bond donors (Lipinski definition) is 0. The second-order valence-electron chi connectivity index (χ2n) is 10.8. The molecule has 0 unspecified atom stereocenters. The molecule has 0 spiro atoms. The molecule has 0 aliphatic carbocycles. The zero-order valence-electron chi connectivity index (χ0n) is 23.2. The van der Waals surface area contributed by atoms with Crippen molar-refractivity contribution in [1.29, 1.82) is 0 Å². The van der Waals surface area contributed by atoms with Crippen molar-refractivity contribution in [2.45, 2.75) is 65.8 Å². The van der Waals surface area contributed by atoms with Crippen LogP contribution in [0.15, 0.2) is 71.5 Å². The first kappa shape index (κ1) is 28.5. The van der Waals surface area contributed by atoms with Gasteiger partial charge in [0.25, 0.3) is 0 Å². The molecule has 198 valence electrons. The van der Waals surface area contributed by atoms with Crippen LogP contribution in [-0.4, -0.2) is 20.5 Å². The van der Waals surface area contributed by atoms with E-state index in [1.807, 2.05) is 7.05 Å². The highest BCUT2D eigenvalue weighted by molar-refractivity contribution is 5.65. The van der Waals surface area contributed by atoms with Crippen LogP contribution in [0.2, 0.25) is 0 Å². The summed E-state index contributed by atoms with van der Waals surface area (Å²) in [5.41, 5.74) is 8.89. The highest BCUT2D eigenvalue weighted by atomic mass is 16.2. The second-order valence-corrected chi connectivity index (χ2v) is 10.8. The minimum atomic E-state index is -0.0577. The van der Waals surface area contributed by atoms with E-state index in [2.05, 4.69) is 106 Å². The van der Waals surface area contributed by atoms with Gasteiger partial charge in [-0.15, -0.1) is 0 Å². The molecule has 0 radical (unpaired) electrons. The molecule has 0 saturated heterocycles. The van der Waals surface area contributed by atoms with Crippen LogP contribution in [0.5, 0.6) is 0 Å². The van der Waals surface area contributed by atoms with Crippen LogP contribution >= 0.6 is 0 Å². The van der Waals surface area contributed by atoms with Gasteiger partial charge < -0.3 is 0 Å². The van der Waals surface area contributed by atoms with Crippen molar-refractivity contribution in [3.05, 3.63) is 111 Å². The van der Waals surface area contributed by atoms with Crippen LogP contribution in [-0.2, 0) is 41.4 Å². The predicted molar refractivity (Wildman–Crippen MR) is 150 cm³/mol. The van der Waals surface area contributed by atoms with Crippen LogP contribution in [0.3, 0.4) is 0 Å². The Labute approximate surface area is 225 Å². The van der Waals surface area contributed by atoms with Gasteiger partial charge in [0.1, 0.15) is 5.82 Å². The Hall–Kier alpha value is -4.02. The molecule has 4 aromatic rings. The Morgan fingerprint density at radius 1 is 0.789 bits per heavy atom. The minimum Gasteiger partial charge on any atom is -0.282 e. The first-order valence-electron chi connectivity index (χ1n) is 12.9. The Balaban J connectivity index is 0.00000127. The molecule has 6 nitrogen and oxygen atoms in total. The van der Waals surface area contributed by atoms with Gasteiger partial charge in [-0.3, -0.25) is 4.57 Å². The first-order chi connectivity index (χ1) is 18.0. The van der Waals surface area contributed by atoms with Gasteiger partial charge in [0.05, 0.1) is 6.54 Å². The Bertz CT molecular complexity index is 1450. The summed E-state index contributed by atoms with van der Waals surface area (Å²) < 4.78 is 3.27. The highest BCUT2D eigenvalue weighted by Crippen LogP contribution is 2.24. The van der Waals surface area contributed by atoms with E-state index >= 15 is 0 Å². The lowest BCUT2D eigenvalue weighted by Gasteiger charge is -2.19. The number of carbonyl (C=O) groups excluding carboxylic acids is 2. The predicted octanol–water partition coefficient (Wildman–Crippen LogP) is 5.80. The molecule has 0 saturated carbocycles. The number of nitrogens with zero attached hydrogens (tertiary/aromatic N) is 3. The van der Waals surface area contributed by atoms with Gasteiger partial charge in [0.2, 0.25) is 0 Å². The second kappa shape index (κ2) is 12.5. The molecule has 0 atom stereocenters. The quantitative estimate of drug-likeness (QED) is 0.314. The van der Waals surface area contributed by atoms with Gasteiger partial charge in [-0.25, -0.2) is 9.48 Å². The Morgan fingerprint density at radius 3 is 1.95 bits per heavy atom. The maximum Gasteiger partial charge on any atom is 0.373 e. The summed E-state index contributed by atoms with van der Waals surface area (Å²) in [6.45, 7) is 11.4. The fourth-order valence-electron chi connectivity index (χ4n) is 4.37. The lowest BCUT2D eigenvalue weighted by atomic mass is 9.87. The lowest BCUT2D eigenvalue weighted by molar-refractivity contribution is -0.191. The first-order valence-corrected chi connectivity index (χ1v) is 12.9. The van der Waals surface area contributed by atoms with Gasteiger partial charge in [-0.2, -0.15) is 14.7 Å². The smallest absolute Gasteiger partial charge is 0.282 e. The molecular formula is C32H37N3O3. The number of aromatic nitrogens is 3. The molecular weight excluding hydrogens is 474 g/mol. The minimum absolute atomic E-state index is 0.0577. The van der Waals surface area contributed by atoms with E-state index in [1.165, 1.54) is 33.4 Å². The molecule has 38 heavy (non-hydrogen) atoms. The van der Waals surface area contributed by atoms with Crippen molar-refractivity contribution in [2.75, 3.05) is 0 Å². The maximum absolute atomic E-state index is 12.7. The van der Waals surface area contributed by atoms with E-state index in [4.69, 9.17) is 9.59 Å². The standard InChI is InChI=1S/C31H37N3O.CO2/c1-22-10-15-27(20-23(22)2)26-16-11-24(12-17-26)8-7-9-29-32-34(30(35)33(29)6)21-25-13-18-28(19-14-25)31(3,4)5;2-1-3/h10-20H,7-9,21H2,1-6H3;. The molecule has 4 rings (SSSR count). The zero-order valence-corrected chi connectivity index (χ0v) is 23.2. The summed E-state index contributed by atoms with van der Waals surface area (Å²) in [4.78, 5) is 29.0. The fourth-order valence-corrected chi connectivity index (χ4v) is 4.37. The fraction of sp³-hybridized carbons (Fsp3) is 0.344. The lowest BCUT2D eigenvalue weighted by Crippen LogP contribution is -2.24. The van der Waals surface area contributed by atoms with E-state index in [9.17, 15) is 4.79 Å². The Kier molecular flexibility index (Phi) is 9.38. The van der Waals surface area contributed by atoms with Crippen molar-refractivity contribution in [2.24, 2.45) is 7.05 Å². The summed E-state index contributed by atoms with van der Waals surface area (Å²) in [5, 5.41) is 4.64. The van der Waals surface area contributed by atoms with Crippen LogP contribution in [0.25, 0.3) is 11.1 Å².